The van der Waals surface area contributed by atoms with E-state index in [2.05, 4.69) is 60.3 Å². The molecule has 21 heavy (non-hydrogen) atoms. The summed E-state index contributed by atoms with van der Waals surface area (Å²) in [7, 11) is 2.08. The van der Waals surface area contributed by atoms with Gasteiger partial charge in [0.15, 0.2) is 0 Å². The van der Waals surface area contributed by atoms with E-state index >= 15 is 0 Å². The average molecular weight is 277 g/mol. The summed E-state index contributed by atoms with van der Waals surface area (Å²) >= 11 is 0. The molecule has 3 aromatic rings. The van der Waals surface area contributed by atoms with E-state index in [9.17, 15) is 0 Å². The molecular formula is C18H19N3. The molecule has 0 radical (unpaired) electrons. The molecule has 0 aliphatic carbocycles. The van der Waals surface area contributed by atoms with E-state index in [-0.39, 0.29) is 0 Å². The fraction of sp³-hybridized carbons (Fsp3) is 0.167. The maximum atomic E-state index is 6.11. The topological polar surface area (TPSA) is 42.2 Å². The Kier molecular flexibility index (Phi) is 3.48. The van der Waals surface area contributed by atoms with E-state index < -0.39 is 0 Å². The molecule has 1 aromatic heterocycles. The van der Waals surface area contributed by atoms with E-state index in [0.29, 0.717) is 5.82 Å². The summed E-state index contributed by atoms with van der Waals surface area (Å²) in [4.78, 5) is 6.70. The molecule has 3 nitrogen and oxygen atoms in total. The van der Waals surface area contributed by atoms with Crippen LogP contribution in [0.1, 0.15) is 11.1 Å². The minimum absolute atomic E-state index is 0.606. The summed E-state index contributed by atoms with van der Waals surface area (Å²) in [6.07, 6.45) is 0. The number of fused-ring (bicyclic) bond motifs is 1. The monoisotopic (exact) mass is 277 g/mol. The Balaban J connectivity index is 1.94. The fourth-order valence-corrected chi connectivity index (χ4v) is 2.63. The zero-order chi connectivity index (χ0) is 14.8. The quantitative estimate of drug-likeness (QED) is 0.792. The summed E-state index contributed by atoms with van der Waals surface area (Å²) in [5.41, 5.74) is 10.6. The van der Waals surface area contributed by atoms with Gasteiger partial charge in [0.2, 0.25) is 0 Å². The van der Waals surface area contributed by atoms with Crippen LogP contribution in [-0.4, -0.2) is 12.0 Å². The van der Waals surface area contributed by atoms with Gasteiger partial charge in [0.05, 0.1) is 5.52 Å². The molecule has 2 aromatic carbocycles. The highest BCUT2D eigenvalue weighted by molar-refractivity contribution is 5.81. The van der Waals surface area contributed by atoms with Crippen LogP contribution in [0.3, 0.4) is 0 Å². The van der Waals surface area contributed by atoms with E-state index in [1.54, 1.807) is 0 Å². The molecule has 0 saturated heterocycles. The third kappa shape index (κ3) is 2.68. The molecule has 0 aliphatic heterocycles. The van der Waals surface area contributed by atoms with Gasteiger partial charge in [-0.25, -0.2) is 4.98 Å². The number of nitrogen functional groups attached to an aromatic ring is 1. The van der Waals surface area contributed by atoms with Gasteiger partial charge in [0.25, 0.3) is 0 Å². The van der Waals surface area contributed by atoms with Crippen molar-refractivity contribution in [3.63, 3.8) is 0 Å². The number of hydrogen-bond donors (Lipinski definition) is 1. The Morgan fingerprint density at radius 2 is 1.76 bits per heavy atom. The highest BCUT2D eigenvalue weighted by atomic mass is 15.1. The van der Waals surface area contributed by atoms with E-state index in [0.717, 1.165) is 23.0 Å². The first-order valence-corrected chi connectivity index (χ1v) is 7.06. The van der Waals surface area contributed by atoms with E-state index in [1.165, 1.54) is 11.3 Å². The second-order valence-electron chi connectivity index (χ2n) is 5.37. The summed E-state index contributed by atoms with van der Waals surface area (Å²) in [6, 6.07) is 18.5. The van der Waals surface area contributed by atoms with Gasteiger partial charge in [-0.1, -0.05) is 36.4 Å². The fourth-order valence-electron chi connectivity index (χ4n) is 2.63. The van der Waals surface area contributed by atoms with E-state index in [4.69, 9.17) is 5.73 Å². The molecule has 0 fully saturated rings. The first kappa shape index (κ1) is 13.4. The van der Waals surface area contributed by atoms with Crippen molar-refractivity contribution in [1.29, 1.82) is 0 Å². The molecule has 1 heterocycles. The van der Waals surface area contributed by atoms with E-state index in [1.807, 2.05) is 18.2 Å². The molecule has 2 N–H and O–H groups in total. The third-order valence-corrected chi connectivity index (χ3v) is 3.77. The van der Waals surface area contributed by atoms with Crippen molar-refractivity contribution in [3.8, 4) is 0 Å². The van der Waals surface area contributed by atoms with Crippen molar-refractivity contribution in [1.82, 2.24) is 4.98 Å². The number of anilines is 2. The Bertz CT molecular complexity index is 780. The molecule has 0 saturated carbocycles. The van der Waals surface area contributed by atoms with Crippen molar-refractivity contribution in [2.45, 2.75) is 13.5 Å². The van der Waals surface area contributed by atoms with Crippen LogP contribution in [0.2, 0.25) is 0 Å². The number of benzene rings is 2. The van der Waals surface area contributed by atoms with Crippen LogP contribution in [0.4, 0.5) is 11.5 Å². The first-order chi connectivity index (χ1) is 10.1. The maximum absolute atomic E-state index is 6.11. The van der Waals surface area contributed by atoms with Crippen LogP contribution in [-0.2, 0) is 6.54 Å². The molecule has 0 bridgehead atoms. The molecule has 0 aliphatic rings. The lowest BCUT2D eigenvalue weighted by Crippen LogP contribution is -2.18. The molecule has 3 rings (SSSR count). The van der Waals surface area contributed by atoms with Gasteiger partial charge in [-0.3, -0.25) is 0 Å². The number of nitrogens with zero attached hydrogens (tertiary/aromatic N) is 2. The Morgan fingerprint density at radius 1 is 1.05 bits per heavy atom. The van der Waals surface area contributed by atoms with Crippen LogP contribution in [0.25, 0.3) is 10.9 Å². The largest absolute Gasteiger partial charge is 0.383 e. The summed E-state index contributed by atoms with van der Waals surface area (Å²) in [5, 5.41) is 1.12. The highest BCUT2D eigenvalue weighted by Gasteiger charge is 2.09. The maximum Gasteiger partial charge on any atom is 0.129 e. The minimum atomic E-state index is 0.606. The smallest absolute Gasteiger partial charge is 0.129 e. The van der Waals surface area contributed by atoms with Gasteiger partial charge >= 0.3 is 0 Å². The lowest BCUT2D eigenvalue weighted by Gasteiger charge is -2.22. The van der Waals surface area contributed by atoms with Gasteiger partial charge in [0, 0.05) is 30.2 Å². The lowest BCUT2D eigenvalue weighted by molar-refractivity contribution is 0.916. The third-order valence-electron chi connectivity index (χ3n) is 3.77. The number of hydrogen-bond acceptors (Lipinski definition) is 3. The second kappa shape index (κ2) is 5.44. The Hall–Kier alpha value is -2.55. The van der Waals surface area contributed by atoms with Crippen molar-refractivity contribution in [2.24, 2.45) is 0 Å². The van der Waals surface area contributed by atoms with Crippen molar-refractivity contribution >= 4 is 22.4 Å². The Labute approximate surface area is 125 Å². The van der Waals surface area contributed by atoms with Crippen molar-refractivity contribution < 1.29 is 0 Å². The van der Waals surface area contributed by atoms with Crippen LogP contribution in [0.5, 0.6) is 0 Å². The highest BCUT2D eigenvalue weighted by Crippen LogP contribution is 2.23. The van der Waals surface area contributed by atoms with Gasteiger partial charge in [-0.05, 0) is 30.7 Å². The number of aryl methyl sites for hydroxylation is 1. The average Bonchev–Trinajstić information content (AvgIpc) is 2.48. The molecule has 0 spiro atoms. The molecule has 0 atom stereocenters. The SMILES string of the molecule is Cc1ccccc1N(C)Cc1cc2ccccc2nc1N. The summed E-state index contributed by atoms with van der Waals surface area (Å²) < 4.78 is 0. The zero-order valence-electron chi connectivity index (χ0n) is 12.4. The van der Waals surface area contributed by atoms with Gasteiger partial charge < -0.3 is 10.6 Å². The normalized spacial score (nSPS) is 10.8. The number of pyridine rings is 1. The predicted molar refractivity (Wildman–Crippen MR) is 89.4 cm³/mol. The number of rotatable bonds is 3. The molecule has 0 unspecified atom stereocenters. The molecule has 106 valence electrons. The lowest BCUT2D eigenvalue weighted by atomic mass is 10.1. The van der Waals surface area contributed by atoms with Crippen molar-refractivity contribution in [2.75, 3.05) is 17.7 Å². The van der Waals surface area contributed by atoms with Gasteiger partial charge in [-0.15, -0.1) is 0 Å². The first-order valence-electron chi connectivity index (χ1n) is 7.06. The summed E-state index contributed by atoms with van der Waals surface area (Å²) in [5.74, 6) is 0.606. The van der Waals surface area contributed by atoms with Crippen LogP contribution >= 0.6 is 0 Å². The number of nitrogens with two attached hydrogens (primary N) is 1. The minimum Gasteiger partial charge on any atom is -0.383 e. The van der Waals surface area contributed by atoms with Crippen molar-refractivity contribution in [3.05, 3.63) is 65.7 Å². The van der Waals surface area contributed by atoms with Crippen LogP contribution in [0, 0.1) is 6.92 Å². The molecule has 3 heteroatoms. The Morgan fingerprint density at radius 3 is 2.57 bits per heavy atom. The van der Waals surface area contributed by atoms with Crippen LogP contribution < -0.4 is 10.6 Å². The van der Waals surface area contributed by atoms with Gasteiger partial charge in [0.1, 0.15) is 5.82 Å². The molecule has 0 amide bonds. The van der Waals surface area contributed by atoms with Gasteiger partial charge in [-0.2, -0.15) is 0 Å². The summed E-state index contributed by atoms with van der Waals surface area (Å²) in [6.45, 7) is 2.86. The van der Waals surface area contributed by atoms with Crippen LogP contribution in [0.15, 0.2) is 54.6 Å². The molecular weight excluding hydrogens is 258 g/mol. The second-order valence-corrected chi connectivity index (χ2v) is 5.37. The number of para-hydroxylation sites is 2. The predicted octanol–water partition coefficient (Wildman–Crippen LogP) is 3.76. The standard InChI is InChI=1S/C18H19N3/c1-13-7-3-6-10-17(13)21(2)12-15-11-14-8-4-5-9-16(14)20-18(15)19/h3-11H,12H2,1-2H3,(H2,19,20). The number of aromatic nitrogens is 1. The zero-order valence-corrected chi connectivity index (χ0v) is 12.4.